The van der Waals surface area contributed by atoms with Gasteiger partial charge in [0.15, 0.2) is 0 Å². The third-order valence-electron chi connectivity index (χ3n) is 6.34. The Bertz CT molecular complexity index is 1340. The van der Waals surface area contributed by atoms with Crippen LogP contribution in [0.25, 0.3) is 45.0 Å². The fourth-order valence-electron chi connectivity index (χ4n) is 3.92. The number of hydrogen-bond acceptors (Lipinski definition) is 6. The van der Waals surface area contributed by atoms with Gasteiger partial charge in [-0.15, -0.1) is 11.4 Å². The van der Waals surface area contributed by atoms with Crippen LogP contribution in [0.1, 0.15) is 0 Å². The van der Waals surface area contributed by atoms with Crippen LogP contribution in [0.5, 0.6) is 0 Å². The van der Waals surface area contributed by atoms with Gasteiger partial charge < -0.3 is 39.3 Å². The second-order valence-electron chi connectivity index (χ2n) is 9.66. The average Bonchev–Trinajstić information content (AvgIpc) is 3.84. The molecule has 6 rings (SSSR count). The van der Waals surface area contributed by atoms with E-state index in [1.54, 1.807) is 28.4 Å². The van der Waals surface area contributed by atoms with Crippen molar-refractivity contribution < 1.29 is 68.3 Å². The summed E-state index contributed by atoms with van der Waals surface area (Å²) in [4.78, 5) is 0. The van der Waals surface area contributed by atoms with Crippen LogP contribution in [-0.4, -0.2) is 65.1 Å². The molecule has 0 aliphatic carbocycles. The minimum absolute atomic E-state index is 0. The van der Waals surface area contributed by atoms with Crippen LogP contribution in [0, 0.1) is 49.4 Å². The molecule has 0 N–H and O–H groups in total. The fourth-order valence-corrected chi connectivity index (χ4v) is 3.92. The second kappa shape index (κ2) is 24.8. The normalized spacial score (nSPS) is 9.79. The molecule has 4 aromatic carbocycles. The minimum Gasteiger partial charge on any atom is -0.574 e. The predicted octanol–water partition coefficient (Wildman–Crippen LogP) is 7.30. The molecule has 245 valence electrons. The van der Waals surface area contributed by atoms with Crippen molar-refractivity contribution in [2.24, 2.45) is 0 Å². The maximum atomic E-state index is 4.66. The smallest absolute Gasteiger partial charge is 0.574 e. The van der Waals surface area contributed by atoms with E-state index < -0.39 is 0 Å². The third kappa shape index (κ3) is 15.0. The Hall–Kier alpha value is -3.28. The van der Waals surface area contributed by atoms with Gasteiger partial charge in [-0.3, -0.25) is 0 Å². The van der Waals surface area contributed by atoms with E-state index in [-0.39, 0.29) is 49.4 Å². The zero-order valence-corrected chi connectivity index (χ0v) is 29.8. The van der Waals surface area contributed by atoms with Gasteiger partial charge >= 0.3 is 49.4 Å². The number of ether oxygens (including phenoxy) is 4. The molecule has 0 spiro atoms. The first-order valence-electron chi connectivity index (χ1n) is 14.9. The van der Waals surface area contributed by atoms with Gasteiger partial charge in [0.1, 0.15) is 0 Å². The van der Waals surface area contributed by atoms with Crippen molar-refractivity contribution in [2.75, 3.05) is 54.9 Å². The Balaban J connectivity index is 0.000000242. The molecule has 9 heteroatoms. The summed E-state index contributed by atoms with van der Waals surface area (Å²) < 4.78 is 18.6. The molecule has 0 unspecified atom stereocenters. The number of benzene rings is 4. The summed E-state index contributed by atoms with van der Waals surface area (Å²) >= 11 is 0. The van der Waals surface area contributed by atoms with Crippen molar-refractivity contribution in [1.29, 1.82) is 0 Å². The van der Waals surface area contributed by atoms with E-state index in [0.29, 0.717) is 26.4 Å². The van der Waals surface area contributed by atoms with Gasteiger partial charge in [0, 0.05) is 39.8 Å². The molecule has 0 amide bonds. The fraction of sp³-hybridized carbons (Fsp3) is 0.211. The van der Waals surface area contributed by atoms with Crippen molar-refractivity contribution in [3.63, 3.8) is 0 Å². The van der Waals surface area contributed by atoms with E-state index in [9.17, 15) is 0 Å². The largest absolute Gasteiger partial charge is 2.00 e. The van der Waals surface area contributed by atoms with Crippen molar-refractivity contribution in [3.05, 3.63) is 133 Å². The van der Waals surface area contributed by atoms with Crippen LogP contribution < -0.4 is 10.2 Å². The van der Waals surface area contributed by atoms with E-state index >= 15 is 0 Å². The molecule has 2 aromatic heterocycles. The molecule has 0 saturated carbocycles. The molecule has 47 heavy (non-hydrogen) atoms. The number of nitrogens with zero attached hydrogens (tertiary/aromatic N) is 4. The van der Waals surface area contributed by atoms with Crippen molar-refractivity contribution in [3.8, 4) is 45.0 Å². The standard InChI is InChI=1S/2C15H11N2.2C4H10O2.Eu/c2*1-3-7-12(8-4-1)14-11-15(17-16-14)13-9-5-2-6-10-13;2*1-5-3-4-6-2;/h2*1-11H;2*3-4H2,1-2H3;/q2*-1;;;+2. The molecule has 0 atom stereocenters. The summed E-state index contributed by atoms with van der Waals surface area (Å²) in [5.74, 6) is 0. The second-order valence-corrected chi connectivity index (χ2v) is 9.66. The monoisotopic (exact) mass is 771 g/mol. The van der Waals surface area contributed by atoms with E-state index in [4.69, 9.17) is 0 Å². The maximum absolute atomic E-state index is 4.66. The average molecular weight is 771 g/mol. The van der Waals surface area contributed by atoms with Crippen LogP contribution in [0.15, 0.2) is 133 Å². The van der Waals surface area contributed by atoms with Crippen LogP contribution in [0.2, 0.25) is 0 Å². The minimum atomic E-state index is 0. The Morgan fingerprint density at radius 2 is 0.660 bits per heavy atom. The summed E-state index contributed by atoms with van der Waals surface area (Å²) in [6.07, 6.45) is 0. The zero-order chi connectivity index (χ0) is 32.7. The molecule has 6 aromatic rings. The van der Waals surface area contributed by atoms with E-state index in [1.165, 1.54) is 0 Å². The summed E-state index contributed by atoms with van der Waals surface area (Å²) in [6, 6.07) is 44.4. The van der Waals surface area contributed by atoms with Crippen LogP contribution in [0.3, 0.4) is 0 Å². The van der Waals surface area contributed by atoms with Crippen molar-refractivity contribution >= 4 is 0 Å². The van der Waals surface area contributed by atoms with Crippen LogP contribution in [-0.2, 0) is 18.9 Å². The molecule has 1 radical (unpaired) electrons. The van der Waals surface area contributed by atoms with Gasteiger partial charge in [-0.05, 0) is 22.3 Å². The first-order valence-corrected chi connectivity index (χ1v) is 14.9. The molecule has 8 nitrogen and oxygen atoms in total. The van der Waals surface area contributed by atoms with Gasteiger partial charge in [-0.25, -0.2) is 0 Å². The first-order chi connectivity index (χ1) is 22.7. The van der Waals surface area contributed by atoms with E-state index in [0.717, 1.165) is 45.0 Å². The van der Waals surface area contributed by atoms with Crippen LogP contribution >= 0.6 is 0 Å². The van der Waals surface area contributed by atoms with Gasteiger partial charge in [0.05, 0.1) is 26.4 Å². The van der Waals surface area contributed by atoms with Gasteiger partial charge in [0.25, 0.3) is 0 Å². The summed E-state index contributed by atoms with van der Waals surface area (Å²) in [5, 5.41) is 16.9. The Morgan fingerprint density at radius 1 is 0.404 bits per heavy atom. The van der Waals surface area contributed by atoms with Crippen molar-refractivity contribution in [2.45, 2.75) is 0 Å². The maximum Gasteiger partial charge on any atom is 2.00 e. The molecular weight excluding hydrogens is 728 g/mol. The predicted molar refractivity (Wildman–Crippen MR) is 184 cm³/mol. The van der Waals surface area contributed by atoms with Gasteiger partial charge in [0.2, 0.25) is 0 Å². The molecule has 0 aliphatic heterocycles. The molecule has 0 bridgehead atoms. The Kier molecular flexibility index (Phi) is 21.1. The quantitative estimate of drug-likeness (QED) is 0.134. The summed E-state index contributed by atoms with van der Waals surface area (Å²) in [6.45, 7) is 2.76. The van der Waals surface area contributed by atoms with Crippen molar-refractivity contribution in [1.82, 2.24) is 20.4 Å². The van der Waals surface area contributed by atoms with Gasteiger partial charge in [-0.1, -0.05) is 133 Å². The zero-order valence-electron chi connectivity index (χ0n) is 27.3. The summed E-state index contributed by atoms with van der Waals surface area (Å²) in [5.41, 5.74) is 8.08. The third-order valence-corrected chi connectivity index (χ3v) is 6.34. The molecule has 0 fully saturated rings. The molecule has 0 saturated heterocycles. The topological polar surface area (TPSA) is 90.9 Å². The van der Waals surface area contributed by atoms with E-state index in [1.807, 2.05) is 133 Å². The SMILES string of the molecule is COCCOC.COCCOC.[Eu+2].c1ccc(-c2cc(-c3ccccc3)[n-]n2)cc1.c1ccc(-c2cc(-c3ccccc3)[n-]n2)cc1. The Labute approximate surface area is 319 Å². The number of aromatic nitrogens is 4. The first kappa shape index (κ1) is 39.9. The number of methoxy groups -OCH3 is 4. The van der Waals surface area contributed by atoms with Gasteiger partial charge in [-0.2, -0.15) is 0 Å². The molecule has 2 heterocycles. The Morgan fingerprint density at radius 3 is 0.915 bits per heavy atom. The van der Waals surface area contributed by atoms with E-state index in [2.05, 4.69) is 39.3 Å². The number of hydrogen-bond donors (Lipinski definition) is 0. The summed E-state index contributed by atoms with van der Waals surface area (Å²) in [7, 11) is 6.61. The number of rotatable bonds is 10. The van der Waals surface area contributed by atoms with Crippen LogP contribution in [0.4, 0.5) is 0 Å². The molecule has 0 aliphatic rings. The molecular formula is C38H42EuN4O4.